The number of hydrogen-bond acceptors (Lipinski definition) is 1. The predicted molar refractivity (Wildman–Crippen MR) is 111 cm³/mol. The molecule has 0 aliphatic carbocycles. The van der Waals surface area contributed by atoms with Crippen LogP contribution in [-0.4, -0.2) is 5.71 Å². The van der Waals surface area contributed by atoms with Gasteiger partial charge < -0.3 is 0 Å². The minimum atomic E-state index is 0.590. The molecule has 2 aromatic rings. The van der Waals surface area contributed by atoms with Crippen LogP contribution in [0, 0.1) is 5.92 Å². The largest absolute Gasteiger partial charge is 0.266 e. The van der Waals surface area contributed by atoms with Gasteiger partial charge >= 0.3 is 0 Å². The first kappa shape index (κ1) is 19.2. The van der Waals surface area contributed by atoms with E-state index in [0.29, 0.717) is 5.92 Å². The zero-order chi connectivity index (χ0) is 17.9. The van der Waals surface area contributed by atoms with Gasteiger partial charge in [0.15, 0.2) is 0 Å². The van der Waals surface area contributed by atoms with Gasteiger partial charge in [0.25, 0.3) is 0 Å². The lowest BCUT2D eigenvalue weighted by molar-refractivity contribution is 0.622. The first-order chi connectivity index (χ1) is 12.2. The zero-order valence-electron chi connectivity index (χ0n) is 15.9. The molecule has 0 aliphatic rings. The van der Waals surface area contributed by atoms with Crippen molar-refractivity contribution in [3.05, 3.63) is 72.4 Å². The van der Waals surface area contributed by atoms with Gasteiger partial charge in [0.05, 0.1) is 0 Å². The Hall–Kier alpha value is -2.15. The van der Waals surface area contributed by atoms with Gasteiger partial charge in [-0.25, -0.2) is 0 Å². The number of rotatable bonds is 9. The van der Waals surface area contributed by atoms with Crippen molar-refractivity contribution in [2.24, 2.45) is 10.9 Å². The Bertz CT molecular complexity index is 682. The Morgan fingerprint density at radius 1 is 1.04 bits per heavy atom. The van der Waals surface area contributed by atoms with Crippen LogP contribution < -0.4 is 0 Å². The van der Waals surface area contributed by atoms with Gasteiger partial charge in [-0.2, -0.15) is 0 Å². The molecule has 132 valence electrons. The molecule has 0 spiro atoms. The van der Waals surface area contributed by atoms with E-state index in [-0.39, 0.29) is 0 Å². The van der Waals surface area contributed by atoms with Gasteiger partial charge in [-0.05, 0) is 48.8 Å². The Balaban J connectivity index is 1.85. The number of allylic oxidation sites excluding steroid dienone is 1. The molecule has 0 saturated carbocycles. The molecule has 0 fully saturated rings. The van der Waals surface area contributed by atoms with Crippen LogP contribution in [0.25, 0.3) is 11.1 Å². The third-order valence-electron chi connectivity index (χ3n) is 4.72. The highest BCUT2D eigenvalue weighted by Gasteiger charge is 2.03. The van der Waals surface area contributed by atoms with E-state index in [4.69, 9.17) is 0 Å². The lowest BCUT2D eigenvalue weighted by Crippen LogP contribution is -2.05. The Morgan fingerprint density at radius 2 is 1.80 bits per heavy atom. The van der Waals surface area contributed by atoms with Gasteiger partial charge in [0.2, 0.25) is 0 Å². The molecule has 0 N–H and O–H groups in total. The second kappa shape index (κ2) is 10.7. The maximum absolute atomic E-state index is 4.61. The summed E-state index contributed by atoms with van der Waals surface area (Å²) in [4.78, 5) is 4.61. The molecule has 2 rings (SSSR count). The van der Waals surface area contributed by atoms with Gasteiger partial charge in [-0.15, -0.1) is 0 Å². The van der Waals surface area contributed by atoms with Crippen LogP contribution in [-0.2, 0) is 6.42 Å². The van der Waals surface area contributed by atoms with Crippen molar-refractivity contribution in [2.75, 3.05) is 0 Å². The van der Waals surface area contributed by atoms with Gasteiger partial charge in [-0.1, -0.05) is 87.4 Å². The molecule has 0 heterocycles. The van der Waals surface area contributed by atoms with Crippen molar-refractivity contribution in [3.63, 3.8) is 0 Å². The van der Waals surface area contributed by atoms with Crippen molar-refractivity contribution >= 4 is 5.71 Å². The smallest absolute Gasteiger partial charge is 0.0227 e. The van der Waals surface area contributed by atoms with E-state index in [1.165, 1.54) is 41.7 Å². The highest BCUT2D eigenvalue weighted by Crippen LogP contribution is 2.20. The monoisotopic (exact) mass is 333 g/mol. The van der Waals surface area contributed by atoms with Crippen molar-refractivity contribution in [3.8, 4) is 11.1 Å². The standard InChI is InChI=1S/C24H31N/c1-4-5-12-20(2)21(3)25-18-10-9-13-22-14-11-17-24(19-22)23-15-7-6-8-16-23/h6-8,10-11,14-20H,4-5,9,12-13H2,1-3H3/b18-10-,25-21+. The van der Waals surface area contributed by atoms with Crippen LogP contribution in [0.5, 0.6) is 0 Å². The molecule has 0 aromatic heterocycles. The number of aliphatic imine (C=N–C) groups is 1. The second-order valence-corrected chi connectivity index (χ2v) is 6.80. The van der Waals surface area contributed by atoms with Crippen LogP contribution in [0.1, 0.15) is 52.0 Å². The Morgan fingerprint density at radius 3 is 2.56 bits per heavy atom. The highest BCUT2D eigenvalue weighted by atomic mass is 14.7. The molecule has 1 unspecified atom stereocenters. The summed E-state index contributed by atoms with van der Waals surface area (Å²) in [6.45, 7) is 6.66. The van der Waals surface area contributed by atoms with E-state index in [1.54, 1.807) is 0 Å². The molecule has 25 heavy (non-hydrogen) atoms. The fourth-order valence-corrected chi connectivity index (χ4v) is 2.88. The number of benzene rings is 2. The van der Waals surface area contributed by atoms with E-state index in [1.807, 2.05) is 6.20 Å². The first-order valence-corrected chi connectivity index (χ1v) is 9.54. The summed E-state index contributed by atoms with van der Waals surface area (Å²) in [5, 5.41) is 0. The summed E-state index contributed by atoms with van der Waals surface area (Å²) in [6, 6.07) is 19.4. The van der Waals surface area contributed by atoms with Crippen LogP contribution in [0.2, 0.25) is 0 Å². The number of hydrogen-bond donors (Lipinski definition) is 0. The zero-order valence-corrected chi connectivity index (χ0v) is 15.9. The lowest BCUT2D eigenvalue weighted by atomic mass is 10.00. The lowest BCUT2D eigenvalue weighted by Gasteiger charge is -2.09. The SMILES string of the molecule is CCCCC(C)/C(C)=N/C=C\CCc1cccc(-c2ccccc2)c1. The first-order valence-electron chi connectivity index (χ1n) is 9.54. The average Bonchev–Trinajstić information content (AvgIpc) is 2.66. The molecule has 2 aromatic carbocycles. The minimum Gasteiger partial charge on any atom is -0.266 e. The summed E-state index contributed by atoms with van der Waals surface area (Å²) in [6.07, 6.45) is 10.0. The maximum atomic E-state index is 4.61. The molecule has 0 radical (unpaired) electrons. The van der Waals surface area contributed by atoms with E-state index in [2.05, 4.69) is 86.4 Å². The fraction of sp³-hybridized carbons (Fsp3) is 0.375. The summed E-state index contributed by atoms with van der Waals surface area (Å²) < 4.78 is 0. The van der Waals surface area contributed by atoms with E-state index < -0.39 is 0 Å². The molecule has 0 saturated heterocycles. The van der Waals surface area contributed by atoms with Gasteiger partial charge in [0, 0.05) is 11.9 Å². The fourth-order valence-electron chi connectivity index (χ4n) is 2.88. The van der Waals surface area contributed by atoms with Crippen molar-refractivity contribution < 1.29 is 0 Å². The number of nitrogens with zero attached hydrogens (tertiary/aromatic N) is 1. The minimum absolute atomic E-state index is 0.590. The van der Waals surface area contributed by atoms with Crippen LogP contribution in [0.3, 0.4) is 0 Å². The maximum Gasteiger partial charge on any atom is 0.0227 e. The summed E-state index contributed by atoms with van der Waals surface area (Å²) >= 11 is 0. The Labute approximate surface area is 153 Å². The van der Waals surface area contributed by atoms with Crippen LogP contribution in [0.15, 0.2) is 71.9 Å². The van der Waals surface area contributed by atoms with E-state index >= 15 is 0 Å². The van der Waals surface area contributed by atoms with Crippen molar-refractivity contribution in [1.29, 1.82) is 0 Å². The molecule has 1 heteroatoms. The molecule has 1 nitrogen and oxygen atoms in total. The third kappa shape index (κ3) is 6.70. The Kier molecular flexibility index (Phi) is 8.18. The average molecular weight is 334 g/mol. The highest BCUT2D eigenvalue weighted by molar-refractivity contribution is 5.84. The summed E-state index contributed by atoms with van der Waals surface area (Å²) in [7, 11) is 0. The molecule has 0 amide bonds. The number of aryl methyl sites for hydroxylation is 1. The second-order valence-electron chi connectivity index (χ2n) is 6.80. The van der Waals surface area contributed by atoms with Crippen molar-refractivity contribution in [2.45, 2.75) is 52.9 Å². The number of unbranched alkanes of at least 4 members (excludes halogenated alkanes) is 1. The van der Waals surface area contributed by atoms with Crippen LogP contribution in [0.4, 0.5) is 0 Å². The van der Waals surface area contributed by atoms with E-state index in [0.717, 1.165) is 12.8 Å². The van der Waals surface area contributed by atoms with E-state index in [9.17, 15) is 0 Å². The topological polar surface area (TPSA) is 12.4 Å². The summed E-state index contributed by atoms with van der Waals surface area (Å²) in [5.74, 6) is 0.590. The van der Waals surface area contributed by atoms with Gasteiger partial charge in [0.1, 0.15) is 0 Å². The quantitative estimate of drug-likeness (QED) is 0.434. The molecule has 0 bridgehead atoms. The summed E-state index contributed by atoms with van der Waals surface area (Å²) in [5.41, 5.74) is 5.20. The molecular formula is C24H31N. The van der Waals surface area contributed by atoms with Crippen LogP contribution >= 0.6 is 0 Å². The normalized spacial score (nSPS) is 13.3. The third-order valence-corrected chi connectivity index (χ3v) is 4.72. The van der Waals surface area contributed by atoms with Crippen molar-refractivity contribution in [1.82, 2.24) is 0 Å². The molecular weight excluding hydrogens is 302 g/mol. The molecule has 0 aliphatic heterocycles. The van der Waals surface area contributed by atoms with Gasteiger partial charge in [-0.3, -0.25) is 4.99 Å². The predicted octanol–water partition coefficient (Wildman–Crippen LogP) is 7.09. The molecule has 1 atom stereocenters.